The topological polar surface area (TPSA) is 99.3 Å². The van der Waals surface area contributed by atoms with E-state index in [0.29, 0.717) is 23.7 Å². The molecule has 1 unspecified atom stereocenters. The Balaban J connectivity index is 1.21. The molecule has 0 bridgehead atoms. The lowest BCUT2D eigenvalue weighted by Gasteiger charge is -2.66. The van der Waals surface area contributed by atoms with Gasteiger partial charge in [0.25, 0.3) is 0 Å². The molecular formula is C37H62N4O3. The van der Waals surface area contributed by atoms with Crippen molar-refractivity contribution in [1.82, 2.24) is 20.6 Å². The number of aliphatic hydroxyl groups is 1. The lowest BCUT2D eigenvalue weighted by atomic mass is 9.42. The third kappa shape index (κ3) is 5.92. The van der Waals surface area contributed by atoms with Gasteiger partial charge in [-0.15, -0.1) is 0 Å². The molecule has 1 aromatic heterocycles. The van der Waals surface area contributed by atoms with Crippen LogP contribution in [0.15, 0.2) is 12.5 Å². The van der Waals surface area contributed by atoms with Gasteiger partial charge in [-0.05, 0) is 105 Å². The zero-order valence-electron chi connectivity index (χ0n) is 28.4. The predicted molar refractivity (Wildman–Crippen MR) is 175 cm³/mol. The van der Waals surface area contributed by atoms with E-state index in [1.165, 1.54) is 44.9 Å². The summed E-state index contributed by atoms with van der Waals surface area (Å²) in [5.74, 6) is 4.19. The Hall–Kier alpha value is -1.44. The van der Waals surface area contributed by atoms with E-state index in [0.717, 1.165) is 81.0 Å². The van der Waals surface area contributed by atoms with E-state index >= 15 is 0 Å². The molecule has 0 spiro atoms. The third-order valence-electron chi connectivity index (χ3n) is 14.0. The number of nitrogens with one attached hydrogen (secondary N) is 3. The smallest absolute Gasteiger partial charge is 0.323 e. The minimum atomic E-state index is -0.898. The Morgan fingerprint density at radius 2 is 1.95 bits per heavy atom. The second-order valence-electron chi connectivity index (χ2n) is 16.8. The van der Waals surface area contributed by atoms with Crippen LogP contribution < -0.4 is 10.6 Å². The number of ether oxygens (including phenoxy) is 1. The molecule has 0 aromatic carbocycles. The summed E-state index contributed by atoms with van der Waals surface area (Å²) in [5.41, 5.74) is 0.449. The van der Waals surface area contributed by atoms with Crippen molar-refractivity contribution in [2.45, 2.75) is 148 Å². The van der Waals surface area contributed by atoms with Crippen LogP contribution in [0.5, 0.6) is 0 Å². The highest BCUT2D eigenvalue weighted by atomic mass is 16.5. The van der Waals surface area contributed by atoms with E-state index in [1.54, 1.807) is 6.33 Å². The fourth-order valence-corrected chi connectivity index (χ4v) is 11.6. The molecule has 11 atom stereocenters. The number of nitrogens with zero attached hydrogens (tertiary/aromatic N) is 1. The maximum absolute atomic E-state index is 13.0. The molecule has 5 fully saturated rings. The number of hydrogen-bond donors (Lipinski definition) is 4. The molecule has 1 saturated heterocycles. The number of fused-ring (bicyclic) bond motifs is 5. The highest BCUT2D eigenvalue weighted by Crippen LogP contribution is 2.69. The quantitative estimate of drug-likeness (QED) is 0.216. The average Bonchev–Trinajstić information content (AvgIpc) is 3.75. The van der Waals surface area contributed by atoms with Gasteiger partial charge in [0, 0.05) is 42.7 Å². The second-order valence-corrected chi connectivity index (χ2v) is 16.8. The molecule has 6 rings (SSSR count). The van der Waals surface area contributed by atoms with Gasteiger partial charge in [-0.3, -0.25) is 4.79 Å². The highest BCUT2D eigenvalue weighted by molar-refractivity contribution is 5.76. The SMILES string of the molecule is CC(C)CCCC(C)[C@H]1CC[C@H]2[C@@H]3C[C@@H](NCCc4cnc[nH]4)[C@@]4(O)C[C@@H](OC(=O)[C@@H]5CCCN5)CC[C@]4(C)[C@H]3CC[C@]12C. The van der Waals surface area contributed by atoms with E-state index in [4.69, 9.17) is 4.74 Å². The lowest BCUT2D eigenvalue weighted by Crippen LogP contribution is -2.71. The van der Waals surface area contributed by atoms with Crippen molar-refractivity contribution in [1.29, 1.82) is 0 Å². The summed E-state index contributed by atoms with van der Waals surface area (Å²) in [6, 6.07) is -0.191. The van der Waals surface area contributed by atoms with Gasteiger partial charge in [-0.25, -0.2) is 4.98 Å². The van der Waals surface area contributed by atoms with Crippen LogP contribution in [0.2, 0.25) is 0 Å². The number of rotatable bonds is 11. The molecule has 0 amide bonds. The first-order valence-corrected chi connectivity index (χ1v) is 18.4. The molecule has 1 aliphatic heterocycles. The maximum Gasteiger partial charge on any atom is 0.323 e. The van der Waals surface area contributed by atoms with E-state index < -0.39 is 5.60 Å². The summed E-state index contributed by atoms with van der Waals surface area (Å²) >= 11 is 0. The number of aromatic amines is 1. The van der Waals surface area contributed by atoms with Crippen LogP contribution in [-0.4, -0.2) is 57.9 Å². The van der Waals surface area contributed by atoms with Gasteiger partial charge in [0.05, 0.1) is 11.9 Å². The van der Waals surface area contributed by atoms with Crippen LogP contribution in [0.1, 0.15) is 124 Å². The fourth-order valence-electron chi connectivity index (χ4n) is 11.6. The standard InChI is InChI=1S/C37H62N4O3/c1-24(2)8-6-9-25(3)29-11-12-30-28-20-33(40-19-15-26-22-38-23-41-26)37(43)21-27(44-34(42)32-10-7-18-39-32)13-17-36(37,5)31(28)14-16-35(29,30)4/h22-25,27-33,39-40,43H,6-21H2,1-5H3,(H,38,41)/t25?,27-,28-,29+,30-,31-,32-,33+,35+,36+,37-/m0/s1. The van der Waals surface area contributed by atoms with Crippen molar-refractivity contribution in [2.75, 3.05) is 13.1 Å². The molecule has 4 saturated carbocycles. The maximum atomic E-state index is 13.0. The van der Waals surface area contributed by atoms with Crippen LogP contribution in [0.25, 0.3) is 0 Å². The molecule has 0 radical (unpaired) electrons. The monoisotopic (exact) mass is 610 g/mol. The zero-order chi connectivity index (χ0) is 31.1. The zero-order valence-corrected chi connectivity index (χ0v) is 28.4. The average molecular weight is 611 g/mol. The number of hydrogen-bond acceptors (Lipinski definition) is 6. The van der Waals surface area contributed by atoms with E-state index in [2.05, 4.69) is 55.2 Å². The predicted octanol–water partition coefficient (Wildman–Crippen LogP) is 6.42. The van der Waals surface area contributed by atoms with Crippen LogP contribution in [0.4, 0.5) is 0 Å². The summed E-state index contributed by atoms with van der Waals surface area (Å²) in [6.45, 7) is 14.0. The van der Waals surface area contributed by atoms with Crippen LogP contribution in [0, 0.1) is 46.3 Å². The molecule has 44 heavy (non-hydrogen) atoms. The first-order chi connectivity index (χ1) is 21.0. The second kappa shape index (κ2) is 13.0. The van der Waals surface area contributed by atoms with Crippen molar-refractivity contribution in [2.24, 2.45) is 46.3 Å². The van der Waals surface area contributed by atoms with Crippen molar-refractivity contribution in [3.05, 3.63) is 18.2 Å². The van der Waals surface area contributed by atoms with Gasteiger partial charge in [0.1, 0.15) is 12.1 Å². The number of carbonyl (C=O) groups is 1. The largest absolute Gasteiger partial charge is 0.461 e. The molecule has 7 nitrogen and oxygen atoms in total. The summed E-state index contributed by atoms with van der Waals surface area (Å²) in [5, 5.41) is 20.2. The van der Waals surface area contributed by atoms with Gasteiger partial charge in [0.15, 0.2) is 0 Å². The summed E-state index contributed by atoms with van der Waals surface area (Å²) < 4.78 is 6.15. The Kier molecular flexibility index (Phi) is 9.59. The van der Waals surface area contributed by atoms with Gasteiger partial charge in [-0.2, -0.15) is 0 Å². The van der Waals surface area contributed by atoms with Crippen LogP contribution >= 0.6 is 0 Å². The Morgan fingerprint density at radius 3 is 2.68 bits per heavy atom. The first-order valence-electron chi connectivity index (χ1n) is 18.4. The molecule has 7 heteroatoms. The number of esters is 1. The van der Waals surface area contributed by atoms with Crippen molar-refractivity contribution in [3.63, 3.8) is 0 Å². The third-order valence-corrected chi connectivity index (χ3v) is 14.0. The van der Waals surface area contributed by atoms with Crippen molar-refractivity contribution < 1.29 is 14.6 Å². The number of aromatic nitrogens is 2. The number of H-pyrrole nitrogens is 1. The Bertz CT molecular complexity index is 1100. The van der Waals surface area contributed by atoms with Crippen LogP contribution in [0.3, 0.4) is 0 Å². The van der Waals surface area contributed by atoms with Gasteiger partial charge in [0.2, 0.25) is 0 Å². The normalized spacial score (nSPS) is 42.5. The Morgan fingerprint density at radius 1 is 1.11 bits per heavy atom. The summed E-state index contributed by atoms with van der Waals surface area (Å²) in [6.07, 6.45) is 18.8. The van der Waals surface area contributed by atoms with Crippen molar-refractivity contribution in [3.8, 4) is 0 Å². The van der Waals surface area contributed by atoms with Crippen LogP contribution in [-0.2, 0) is 16.0 Å². The molecular weight excluding hydrogens is 548 g/mol. The first kappa shape index (κ1) is 32.5. The molecule has 1 aromatic rings. The molecule has 4 aliphatic carbocycles. The molecule has 2 heterocycles. The summed E-state index contributed by atoms with van der Waals surface area (Å²) in [7, 11) is 0. The van der Waals surface area contributed by atoms with Crippen molar-refractivity contribution >= 4 is 5.97 Å². The minimum Gasteiger partial charge on any atom is -0.461 e. The Labute approximate surface area is 266 Å². The van der Waals surface area contributed by atoms with Gasteiger partial charge < -0.3 is 25.5 Å². The number of carbonyl (C=O) groups excluding carboxylic acids is 1. The van der Waals surface area contributed by atoms with E-state index in [1.807, 2.05) is 6.20 Å². The van der Waals surface area contributed by atoms with E-state index in [-0.39, 0.29) is 29.6 Å². The minimum absolute atomic E-state index is 0.00681. The highest BCUT2D eigenvalue weighted by Gasteiger charge is 2.67. The molecule has 4 N–H and O–H groups in total. The fraction of sp³-hybridized carbons (Fsp3) is 0.892. The molecule has 5 aliphatic rings. The molecule has 248 valence electrons. The van der Waals surface area contributed by atoms with Gasteiger partial charge >= 0.3 is 5.97 Å². The lowest BCUT2D eigenvalue weighted by molar-refractivity contribution is -0.237. The summed E-state index contributed by atoms with van der Waals surface area (Å²) in [4.78, 5) is 20.5. The van der Waals surface area contributed by atoms with Gasteiger partial charge in [-0.1, -0.05) is 53.9 Å². The van der Waals surface area contributed by atoms with E-state index in [9.17, 15) is 9.90 Å². The number of imidazole rings is 1.